The maximum atomic E-state index is 11.8. The van der Waals surface area contributed by atoms with E-state index in [1.807, 2.05) is 30.2 Å². The average molecular weight is 302 g/mol. The molecule has 0 bridgehead atoms. The number of rotatable bonds is 3. The van der Waals surface area contributed by atoms with Crippen molar-refractivity contribution in [2.75, 3.05) is 13.1 Å². The van der Waals surface area contributed by atoms with Gasteiger partial charge in [0.25, 0.3) is 6.47 Å². The second-order valence-electron chi connectivity index (χ2n) is 4.80. The van der Waals surface area contributed by atoms with E-state index in [2.05, 4.69) is 14.5 Å². The summed E-state index contributed by atoms with van der Waals surface area (Å²) in [6.07, 6.45) is 7.82. The predicted octanol–water partition coefficient (Wildman–Crippen LogP) is 1.44. The van der Waals surface area contributed by atoms with Crippen molar-refractivity contribution in [2.45, 2.75) is 19.4 Å². The zero-order valence-corrected chi connectivity index (χ0v) is 12.3. The molecule has 1 N–H and O–H groups in total. The Morgan fingerprint density at radius 3 is 2.82 bits per heavy atom. The Balaban J connectivity index is 0.000000545. The van der Waals surface area contributed by atoms with Crippen molar-refractivity contribution in [3.8, 4) is 11.4 Å². The fourth-order valence-corrected chi connectivity index (χ4v) is 2.57. The maximum Gasteiger partial charge on any atom is 0.290 e. The third-order valence-corrected chi connectivity index (χ3v) is 3.56. The normalized spacial score (nSPS) is 17.0. The SMILES string of the molecule is CCN1CC(n2ccnc2-c2cccnc2)CC1=O.O=CO. The standard InChI is InChI=1S/C14H16N4O.CH2O2/c1-2-17-10-12(8-13(17)19)18-7-6-16-14(18)11-4-3-5-15-9-11;2-1-3/h3-7,9,12H,2,8,10H2,1H3;1H,(H,2,3). The lowest BCUT2D eigenvalue weighted by molar-refractivity contribution is -0.127. The number of carbonyl (C=O) groups is 2. The number of carboxylic acid groups (broad SMARTS) is 1. The van der Waals surface area contributed by atoms with Gasteiger partial charge in [0.1, 0.15) is 5.82 Å². The number of imidazole rings is 1. The first-order valence-electron chi connectivity index (χ1n) is 7.00. The Kier molecular flexibility index (Phi) is 5.24. The summed E-state index contributed by atoms with van der Waals surface area (Å²) in [5.41, 5.74) is 0.981. The van der Waals surface area contributed by atoms with Crippen LogP contribution in [0.2, 0.25) is 0 Å². The minimum atomic E-state index is -0.250. The molecule has 2 aromatic heterocycles. The number of pyridine rings is 1. The van der Waals surface area contributed by atoms with Gasteiger partial charge in [0.15, 0.2) is 0 Å². The highest BCUT2D eigenvalue weighted by Gasteiger charge is 2.30. The van der Waals surface area contributed by atoms with E-state index in [-0.39, 0.29) is 18.4 Å². The molecule has 1 saturated heterocycles. The molecule has 0 spiro atoms. The van der Waals surface area contributed by atoms with Crippen LogP contribution in [-0.4, -0.2) is 50.0 Å². The molecule has 1 aliphatic rings. The molecule has 7 nitrogen and oxygen atoms in total. The number of likely N-dealkylation sites (tertiary alicyclic amines) is 1. The van der Waals surface area contributed by atoms with Crippen LogP contribution in [0.3, 0.4) is 0 Å². The molecule has 0 aromatic carbocycles. The van der Waals surface area contributed by atoms with E-state index in [1.54, 1.807) is 18.6 Å². The van der Waals surface area contributed by atoms with Crippen LogP contribution in [0.25, 0.3) is 11.4 Å². The van der Waals surface area contributed by atoms with Gasteiger partial charge in [0.2, 0.25) is 5.91 Å². The number of hydrogen-bond acceptors (Lipinski definition) is 4. The van der Waals surface area contributed by atoms with Gasteiger partial charge in [-0.3, -0.25) is 14.6 Å². The fourth-order valence-electron chi connectivity index (χ4n) is 2.57. The van der Waals surface area contributed by atoms with Crippen LogP contribution >= 0.6 is 0 Å². The average Bonchev–Trinajstić information content (AvgIpc) is 3.15. The van der Waals surface area contributed by atoms with Crippen molar-refractivity contribution in [1.29, 1.82) is 0 Å². The molecule has 22 heavy (non-hydrogen) atoms. The van der Waals surface area contributed by atoms with Crippen molar-refractivity contribution in [3.05, 3.63) is 36.9 Å². The number of carbonyl (C=O) groups excluding carboxylic acids is 1. The molecule has 7 heteroatoms. The molecule has 1 amide bonds. The summed E-state index contributed by atoms with van der Waals surface area (Å²) in [4.78, 5) is 30.6. The second kappa shape index (κ2) is 7.35. The summed E-state index contributed by atoms with van der Waals surface area (Å²) in [5.74, 6) is 1.10. The monoisotopic (exact) mass is 302 g/mol. The van der Waals surface area contributed by atoms with E-state index in [4.69, 9.17) is 9.90 Å². The first kappa shape index (κ1) is 15.7. The van der Waals surface area contributed by atoms with Crippen molar-refractivity contribution >= 4 is 12.4 Å². The Labute approximate surface area is 128 Å². The first-order chi connectivity index (χ1) is 10.7. The molecular formula is C15H18N4O3. The summed E-state index contributed by atoms with van der Waals surface area (Å²) in [7, 11) is 0. The van der Waals surface area contributed by atoms with Crippen LogP contribution in [0.1, 0.15) is 19.4 Å². The Hall–Kier alpha value is -2.70. The lowest BCUT2D eigenvalue weighted by Crippen LogP contribution is -2.24. The largest absolute Gasteiger partial charge is 0.483 e. The lowest BCUT2D eigenvalue weighted by Gasteiger charge is -2.16. The number of likely N-dealkylation sites (N-methyl/N-ethyl adjacent to an activating group) is 1. The quantitative estimate of drug-likeness (QED) is 0.867. The molecule has 0 radical (unpaired) electrons. The van der Waals surface area contributed by atoms with Crippen LogP contribution in [0.4, 0.5) is 0 Å². The first-order valence-corrected chi connectivity index (χ1v) is 7.00. The van der Waals surface area contributed by atoms with Crippen molar-refractivity contribution in [2.24, 2.45) is 0 Å². The smallest absolute Gasteiger partial charge is 0.290 e. The Morgan fingerprint density at radius 2 is 2.23 bits per heavy atom. The van der Waals surface area contributed by atoms with Gasteiger partial charge in [0.05, 0.1) is 6.04 Å². The van der Waals surface area contributed by atoms with E-state index < -0.39 is 0 Å². The van der Waals surface area contributed by atoms with E-state index in [0.29, 0.717) is 6.42 Å². The molecule has 2 aromatic rings. The molecule has 1 aliphatic heterocycles. The highest BCUT2D eigenvalue weighted by molar-refractivity contribution is 5.79. The van der Waals surface area contributed by atoms with E-state index >= 15 is 0 Å². The van der Waals surface area contributed by atoms with Gasteiger partial charge >= 0.3 is 0 Å². The van der Waals surface area contributed by atoms with Crippen molar-refractivity contribution in [3.63, 3.8) is 0 Å². The molecule has 0 aliphatic carbocycles. The van der Waals surface area contributed by atoms with Crippen LogP contribution in [0.15, 0.2) is 36.9 Å². The topological polar surface area (TPSA) is 88.3 Å². The van der Waals surface area contributed by atoms with Gasteiger partial charge in [-0.05, 0) is 19.1 Å². The van der Waals surface area contributed by atoms with Crippen LogP contribution in [0, 0.1) is 0 Å². The van der Waals surface area contributed by atoms with E-state index in [0.717, 1.165) is 24.5 Å². The van der Waals surface area contributed by atoms with Gasteiger partial charge in [-0.15, -0.1) is 0 Å². The van der Waals surface area contributed by atoms with E-state index in [1.165, 1.54) is 0 Å². The predicted molar refractivity (Wildman–Crippen MR) is 80.1 cm³/mol. The molecule has 3 rings (SSSR count). The van der Waals surface area contributed by atoms with Gasteiger partial charge in [-0.25, -0.2) is 4.98 Å². The number of amides is 1. The molecule has 1 unspecified atom stereocenters. The molecule has 1 atom stereocenters. The van der Waals surface area contributed by atoms with Gasteiger partial charge in [-0.1, -0.05) is 0 Å². The highest BCUT2D eigenvalue weighted by atomic mass is 16.3. The third-order valence-electron chi connectivity index (χ3n) is 3.56. The molecule has 0 saturated carbocycles. The zero-order valence-electron chi connectivity index (χ0n) is 12.3. The number of nitrogens with zero attached hydrogens (tertiary/aromatic N) is 4. The van der Waals surface area contributed by atoms with Crippen molar-refractivity contribution < 1.29 is 14.7 Å². The number of hydrogen-bond donors (Lipinski definition) is 1. The summed E-state index contributed by atoms with van der Waals surface area (Å²) in [6.45, 7) is 3.29. The summed E-state index contributed by atoms with van der Waals surface area (Å²) in [6, 6.07) is 4.05. The third kappa shape index (κ3) is 3.30. The molecule has 1 fully saturated rings. The van der Waals surface area contributed by atoms with Crippen LogP contribution in [-0.2, 0) is 9.59 Å². The van der Waals surface area contributed by atoms with Gasteiger partial charge in [0, 0.05) is 49.9 Å². The van der Waals surface area contributed by atoms with Crippen LogP contribution in [0.5, 0.6) is 0 Å². The molecule has 3 heterocycles. The molecule has 116 valence electrons. The maximum absolute atomic E-state index is 11.8. The Morgan fingerprint density at radius 1 is 1.45 bits per heavy atom. The van der Waals surface area contributed by atoms with E-state index in [9.17, 15) is 4.79 Å². The fraction of sp³-hybridized carbons (Fsp3) is 0.333. The van der Waals surface area contributed by atoms with Gasteiger partial charge in [-0.2, -0.15) is 0 Å². The lowest BCUT2D eigenvalue weighted by atomic mass is 10.2. The second-order valence-corrected chi connectivity index (χ2v) is 4.80. The minimum absolute atomic E-state index is 0.171. The zero-order chi connectivity index (χ0) is 15.9. The summed E-state index contributed by atoms with van der Waals surface area (Å²) < 4.78 is 2.09. The highest BCUT2D eigenvalue weighted by Crippen LogP contribution is 2.27. The van der Waals surface area contributed by atoms with Crippen LogP contribution < -0.4 is 0 Å². The van der Waals surface area contributed by atoms with Crippen molar-refractivity contribution in [1.82, 2.24) is 19.4 Å². The molecular weight excluding hydrogens is 284 g/mol. The summed E-state index contributed by atoms with van der Waals surface area (Å²) >= 11 is 0. The van der Waals surface area contributed by atoms with Gasteiger partial charge < -0.3 is 14.6 Å². The summed E-state index contributed by atoms with van der Waals surface area (Å²) in [5, 5.41) is 6.89. The Bertz CT molecular complexity index is 627. The minimum Gasteiger partial charge on any atom is -0.483 e. The number of aromatic nitrogens is 3.